The minimum atomic E-state index is -0.740. The van der Waals surface area contributed by atoms with Gasteiger partial charge in [-0.05, 0) is 11.6 Å². The van der Waals surface area contributed by atoms with Crippen molar-refractivity contribution in [3.05, 3.63) is 60.2 Å². The molecule has 0 spiro atoms. The van der Waals surface area contributed by atoms with Gasteiger partial charge in [-0.15, -0.1) is 0 Å². The minimum Gasteiger partial charge on any atom is -0.380 e. The van der Waals surface area contributed by atoms with E-state index in [2.05, 4.69) is 15.0 Å². The van der Waals surface area contributed by atoms with E-state index in [1.54, 1.807) is 12.4 Å². The Bertz CT molecular complexity index is 591. The number of aromatic amines is 1. The lowest BCUT2D eigenvalue weighted by molar-refractivity contribution is 0.210. The Morgan fingerprint density at radius 1 is 1.06 bits per heavy atom. The number of aliphatic hydroxyl groups is 1. The highest BCUT2D eigenvalue weighted by molar-refractivity contribution is 5.54. The van der Waals surface area contributed by atoms with Crippen LogP contribution < -0.4 is 0 Å². The van der Waals surface area contributed by atoms with Crippen molar-refractivity contribution in [2.24, 2.45) is 0 Å². The summed E-state index contributed by atoms with van der Waals surface area (Å²) in [6.07, 6.45) is 2.63. The van der Waals surface area contributed by atoms with Crippen molar-refractivity contribution >= 4 is 0 Å². The van der Waals surface area contributed by atoms with Gasteiger partial charge in [-0.2, -0.15) is 0 Å². The monoisotopic (exact) mass is 225 g/mol. The van der Waals surface area contributed by atoms with Crippen molar-refractivity contribution in [3.8, 4) is 11.4 Å². The maximum Gasteiger partial charge on any atom is 0.140 e. The van der Waals surface area contributed by atoms with E-state index < -0.39 is 6.10 Å². The second-order valence-corrected chi connectivity index (χ2v) is 3.83. The van der Waals surface area contributed by atoms with Crippen LogP contribution >= 0.6 is 0 Å². The first-order chi connectivity index (χ1) is 8.34. The molecule has 2 aliphatic heterocycles. The molecule has 0 bridgehead atoms. The minimum absolute atomic E-state index is 0.525. The van der Waals surface area contributed by atoms with Crippen molar-refractivity contribution in [2.45, 2.75) is 6.10 Å². The third kappa shape index (κ3) is 1.79. The zero-order valence-corrected chi connectivity index (χ0v) is 9.04. The number of benzene rings is 1. The Balaban J connectivity index is 2.02. The molecule has 0 fully saturated rings. The van der Waals surface area contributed by atoms with E-state index >= 15 is 0 Å². The summed E-state index contributed by atoms with van der Waals surface area (Å²) in [5, 5.41) is 10.2. The van der Waals surface area contributed by atoms with E-state index in [0.717, 1.165) is 17.0 Å². The van der Waals surface area contributed by atoms with Gasteiger partial charge in [0.2, 0.25) is 0 Å². The van der Waals surface area contributed by atoms with E-state index in [1.807, 2.05) is 36.4 Å². The summed E-state index contributed by atoms with van der Waals surface area (Å²) < 4.78 is 0. The first kappa shape index (κ1) is 9.99. The first-order valence-corrected chi connectivity index (χ1v) is 5.37. The zero-order chi connectivity index (χ0) is 11.7. The van der Waals surface area contributed by atoms with Crippen LogP contribution in [-0.4, -0.2) is 20.1 Å². The van der Waals surface area contributed by atoms with E-state index in [-0.39, 0.29) is 0 Å². The molecule has 0 aliphatic carbocycles. The van der Waals surface area contributed by atoms with Crippen LogP contribution in [0.2, 0.25) is 0 Å². The molecular formula is C13H11N3O. The molecule has 1 aromatic carbocycles. The maximum atomic E-state index is 10.2. The smallest absolute Gasteiger partial charge is 0.140 e. The number of nitrogens with one attached hydrogen (secondary N) is 1. The van der Waals surface area contributed by atoms with Crippen LogP contribution in [0.5, 0.6) is 0 Å². The molecular weight excluding hydrogens is 214 g/mol. The summed E-state index contributed by atoms with van der Waals surface area (Å²) in [5.41, 5.74) is 2.49. The number of H-pyrrole nitrogens is 1. The number of nitrogens with zero attached hydrogens (tertiary/aromatic N) is 2. The fourth-order valence-corrected chi connectivity index (χ4v) is 1.79. The topological polar surface area (TPSA) is 61.8 Å². The molecule has 0 saturated heterocycles. The molecule has 3 rings (SSSR count). The van der Waals surface area contributed by atoms with Crippen LogP contribution in [0.3, 0.4) is 0 Å². The lowest BCUT2D eigenvalue weighted by atomic mass is 10.1. The van der Waals surface area contributed by atoms with Gasteiger partial charge >= 0.3 is 0 Å². The third-order valence-corrected chi connectivity index (χ3v) is 2.69. The van der Waals surface area contributed by atoms with Gasteiger partial charge in [0, 0.05) is 6.20 Å². The van der Waals surface area contributed by atoms with Crippen molar-refractivity contribution in [2.75, 3.05) is 0 Å². The number of fused-ring (bicyclic) bond motifs is 1. The van der Waals surface area contributed by atoms with E-state index in [0.29, 0.717) is 5.82 Å². The molecule has 2 N–H and O–H groups in total. The van der Waals surface area contributed by atoms with Crippen LogP contribution in [0.15, 0.2) is 48.8 Å². The molecule has 2 aliphatic rings. The number of hydrogen-bond donors (Lipinski definition) is 2. The molecule has 0 amide bonds. The Morgan fingerprint density at radius 3 is 2.71 bits per heavy atom. The number of rotatable bonds is 2. The summed E-state index contributed by atoms with van der Waals surface area (Å²) in [5.74, 6) is 0.525. The summed E-state index contributed by atoms with van der Waals surface area (Å²) in [6.45, 7) is 0. The van der Waals surface area contributed by atoms with Gasteiger partial charge in [0.1, 0.15) is 17.6 Å². The molecule has 4 heteroatoms. The molecule has 1 atom stereocenters. The van der Waals surface area contributed by atoms with Crippen LogP contribution in [0.25, 0.3) is 11.4 Å². The molecule has 1 unspecified atom stereocenters. The molecule has 0 aromatic heterocycles. The molecule has 0 saturated carbocycles. The summed E-state index contributed by atoms with van der Waals surface area (Å²) in [6, 6.07) is 11.3. The van der Waals surface area contributed by atoms with Gasteiger partial charge in [-0.1, -0.05) is 30.3 Å². The Hall–Kier alpha value is -2.20. The Morgan fingerprint density at radius 2 is 1.88 bits per heavy atom. The second kappa shape index (κ2) is 3.99. The van der Waals surface area contributed by atoms with Crippen molar-refractivity contribution in [3.63, 3.8) is 0 Å². The number of aliphatic hydroxyl groups excluding tert-OH is 1. The molecule has 84 valence electrons. The lowest BCUT2D eigenvalue weighted by Gasteiger charge is -2.11. The highest BCUT2D eigenvalue weighted by Crippen LogP contribution is 2.22. The van der Waals surface area contributed by atoms with Crippen LogP contribution in [0, 0.1) is 0 Å². The Labute approximate surface area is 98.3 Å². The van der Waals surface area contributed by atoms with E-state index in [9.17, 15) is 5.11 Å². The molecule has 1 aromatic rings. The van der Waals surface area contributed by atoms with Gasteiger partial charge in [0.15, 0.2) is 0 Å². The summed E-state index contributed by atoms with van der Waals surface area (Å²) in [4.78, 5) is 11.4. The van der Waals surface area contributed by atoms with Gasteiger partial charge in [0.25, 0.3) is 0 Å². The fourth-order valence-electron chi connectivity index (χ4n) is 1.79. The number of aromatic nitrogens is 3. The van der Waals surface area contributed by atoms with Crippen molar-refractivity contribution in [1.29, 1.82) is 0 Å². The van der Waals surface area contributed by atoms with Gasteiger partial charge < -0.3 is 10.1 Å². The summed E-state index contributed by atoms with van der Waals surface area (Å²) in [7, 11) is 0. The normalized spacial score (nSPS) is 12.8. The van der Waals surface area contributed by atoms with Gasteiger partial charge in [-0.25, -0.2) is 4.98 Å². The van der Waals surface area contributed by atoms with Crippen LogP contribution in [0.4, 0.5) is 0 Å². The average molecular weight is 225 g/mol. The number of hydrogen-bond acceptors (Lipinski definition) is 3. The maximum absolute atomic E-state index is 10.2. The standard InChI is InChI=1S/C13H11N3O/c17-12(9-4-2-1-3-5-9)13-15-8-11-10(16-13)6-7-14-11/h1-8,12,17H,(H,15,16). The highest BCUT2D eigenvalue weighted by Gasteiger charge is 2.14. The highest BCUT2D eigenvalue weighted by atomic mass is 16.3. The van der Waals surface area contributed by atoms with E-state index in [4.69, 9.17) is 0 Å². The molecule has 2 heterocycles. The SMILES string of the molecule is OC(c1ccccc1)c1ncc2nccc-2[nH]1. The quantitative estimate of drug-likeness (QED) is 0.701. The fraction of sp³-hybridized carbons (Fsp3) is 0.0769. The second-order valence-electron chi connectivity index (χ2n) is 3.83. The van der Waals surface area contributed by atoms with Gasteiger partial charge in [0.05, 0.1) is 11.9 Å². The largest absolute Gasteiger partial charge is 0.380 e. The Kier molecular flexibility index (Phi) is 2.34. The molecule has 0 radical (unpaired) electrons. The lowest BCUT2D eigenvalue weighted by Crippen LogP contribution is -2.06. The first-order valence-electron chi connectivity index (χ1n) is 5.37. The van der Waals surface area contributed by atoms with Crippen LogP contribution in [0.1, 0.15) is 17.5 Å². The molecule has 4 nitrogen and oxygen atoms in total. The predicted molar refractivity (Wildman–Crippen MR) is 63.5 cm³/mol. The average Bonchev–Trinajstić information content (AvgIpc) is 2.86. The van der Waals surface area contributed by atoms with E-state index in [1.165, 1.54) is 0 Å². The van der Waals surface area contributed by atoms with Crippen molar-refractivity contribution in [1.82, 2.24) is 15.0 Å². The van der Waals surface area contributed by atoms with Gasteiger partial charge in [-0.3, -0.25) is 4.98 Å². The van der Waals surface area contributed by atoms with Crippen LogP contribution in [-0.2, 0) is 0 Å². The van der Waals surface area contributed by atoms with Crippen molar-refractivity contribution < 1.29 is 5.11 Å². The third-order valence-electron chi connectivity index (χ3n) is 2.69. The summed E-state index contributed by atoms with van der Waals surface area (Å²) >= 11 is 0. The zero-order valence-electron chi connectivity index (χ0n) is 9.04. The predicted octanol–water partition coefficient (Wildman–Crippen LogP) is 1.99. The molecule has 17 heavy (non-hydrogen) atoms.